The Morgan fingerprint density at radius 2 is 1.81 bits per heavy atom. The van der Waals surface area contributed by atoms with Crippen molar-refractivity contribution in [3.8, 4) is 5.75 Å². The molecular weight excluding hydrogens is 358 g/mol. The molecule has 2 aliphatic heterocycles. The molecule has 142 valence electrons. The first-order valence-corrected chi connectivity index (χ1v) is 10.1. The maximum Gasteiger partial charge on any atom is 0.322 e. The van der Waals surface area contributed by atoms with Crippen LogP contribution in [0.4, 0.5) is 4.79 Å². The normalized spacial score (nSPS) is 25.0. The molecule has 9 heteroatoms. The number of imide groups is 1. The maximum atomic E-state index is 12.7. The van der Waals surface area contributed by atoms with Gasteiger partial charge in [-0.05, 0) is 43.4 Å². The highest BCUT2D eigenvalue weighted by Crippen LogP contribution is 2.31. The van der Waals surface area contributed by atoms with E-state index in [4.69, 9.17) is 4.74 Å². The molecule has 0 saturated carbocycles. The van der Waals surface area contributed by atoms with Gasteiger partial charge >= 0.3 is 6.03 Å². The molecule has 2 fully saturated rings. The number of amides is 3. The Labute approximate surface area is 152 Å². The van der Waals surface area contributed by atoms with E-state index in [1.54, 1.807) is 7.11 Å². The minimum Gasteiger partial charge on any atom is -0.497 e. The van der Waals surface area contributed by atoms with Gasteiger partial charge in [-0.3, -0.25) is 10.1 Å². The van der Waals surface area contributed by atoms with Gasteiger partial charge in [-0.1, -0.05) is 12.1 Å². The number of carbonyl (C=O) groups excluding carboxylic acids is 2. The lowest BCUT2D eigenvalue weighted by Gasteiger charge is -2.33. The third-order valence-electron chi connectivity index (χ3n) is 5.02. The van der Waals surface area contributed by atoms with Crippen LogP contribution in [0.3, 0.4) is 0 Å². The second-order valence-electron chi connectivity index (χ2n) is 6.94. The summed E-state index contributed by atoms with van der Waals surface area (Å²) in [6.45, 7) is 2.21. The van der Waals surface area contributed by atoms with E-state index in [0.29, 0.717) is 25.9 Å². The fraction of sp³-hybridized carbons (Fsp3) is 0.529. The van der Waals surface area contributed by atoms with E-state index >= 15 is 0 Å². The second-order valence-corrected chi connectivity index (χ2v) is 8.91. The number of urea groups is 1. The van der Waals surface area contributed by atoms with E-state index < -0.39 is 33.3 Å². The highest BCUT2D eigenvalue weighted by molar-refractivity contribution is 7.89. The molecule has 0 aromatic heterocycles. The lowest BCUT2D eigenvalue weighted by molar-refractivity contribution is -0.122. The van der Waals surface area contributed by atoms with Crippen LogP contribution >= 0.6 is 0 Å². The molecular formula is C17H23N3O5S. The third kappa shape index (κ3) is 3.68. The zero-order valence-corrected chi connectivity index (χ0v) is 15.6. The van der Waals surface area contributed by atoms with Crippen molar-refractivity contribution in [2.45, 2.75) is 31.2 Å². The summed E-state index contributed by atoms with van der Waals surface area (Å²) in [7, 11) is -2.04. The molecule has 2 saturated heterocycles. The van der Waals surface area contributed by atoms with Crippen molar-refractivity contribution >= 4 is 22.0 Å². The van der Waals surface area contributed by atoms with Gasteiger partial charge in [0.05, 0.1) is 12.9 Å². The molecule has 1 atom stereocenters. The Bertz CT molecular complexity index is 800. The first-order chi connectivity index (χ1) is 12.2. The van der Waals surface area contributed by atoms with Crippen molar-refractivity contribution < 1.29 is 22.7 Å². The Morgan fingerprint density at radius 3 is 2.31 bits per heavy atom. The average molecular weight is 381 g/mol. The third-order valence-corrected chi connectivity index (χ3v) is 7.12. The molecule has 1 aromatic rings. The van der Waals surface area contributed by atoms with Crippen molar-refractivity contribution in [3.05, 3.63) is 29.8 Å². The molecule has 0 bridgehead atoms. The number of rotatable bonds is 5. The summed E-state index contributed by atoms with van der Waals surface area (Å²) in [6, 6.07) is 7.16. The zero-order valence-electron chi connectivity index (χ0n) is 14.8. The standard InChI is InChI=1S/C17H23N3O5S/c1-17(15(21)18-16(22)19-17)11-26(23,24)20-9-7-13(8-10-20)12-3-5-14(25-2)6-4-12/h3-6,13H,7-11H2,1-2H3,(H2,18,19,21,22)/t17-/m1/s1. The number of methoxy groups -OCH3 is 1. The molecule has 26 heavy (non-hydrogen) atoms. The van der Waals surface area contributed by atoms with Crippen LogP contribution < -0.4 is 15.4 Å². The van der Waals surface area contributed by atoms with Gasteiger partial charge in [0.15, 0.2) is 0 Å². The predicted octanol–water partition coefficient (Wildman–Crippen LogP) is 0.802. The quantitative estimate of drug-likeness (QED) is 0.734. The van der Waals surface area contributed by atoms with E-state index in [9.17, 15) is 18.0 Å². The molecule has 8 nitrogen and oxygen atoms in total. The van der Waals surface area contributed by atoms with E-state index in [-0.39, 0.29) is 5.92 Å². The van der Waals surface area contributed by atoms with Gasteiger partial charge in [0.1, 0.15) is 11.3 Å². The summed E-state index contributed by atoms with van der Waals surface area (Å²) in [4.78, 5) is 23.2. The van der Waals surface area contributed by atoms with Crippen LogP contribution in [0.25, 0.3) is 0 Å². The van der Waals surface area contributed by atoms with Crippen LogP contribution in [0, 0.1) is 0 Å². The number of nitrogens with one attached hydrogen (secondary N) is 2. The largest absolute Gasteiger partial charge is 0.497 e. The Balaban J connectivity index is 1.63. The Morgan fingerprint density at radius 1 is 1.19 bits per heavy atom. The summed E-state index contributed by atoms with van der Waals surface area (Å²) in [5, 5.41) is 4.49. The maximum absolute atomic E-state index is 12.7. The monoisotopic (exact) mass is 381 g/mol. The smallest absolute Gasteiger partial charge is 0.322 e. The van der Waals surface area contributed by atoms with Crippen molar-refractivity contribution in [2.24, 2.45) is 0 Å². The summed E-state index contributed by atoms with van der Waals surface area (Å²) < 4.78 is 32.0. The van der Waals surface area contributed by atoms with Crippen LogP contribution in [-0.2, 0) is 14.8 Å². The fourth-order valence-electron chi connectivity index (χ4n) is 3.48. The summed E-state index contributed by atoms with van der Waals surface area (Å²) in [5.41, 5.74) is -0.264. The first kappa shape index (κ1) is 18.7. The SMILES string of the molecule is COc1ccc(C2CCN(S(=O)(=O)C[C@@]3(C)NC(=O)NC3=O)CC2)cc1. The molecule has 0 unspecified atom stereocenters. The lowest BCUT2D eigenvalue weighted by atomic mass is 9.90. The summed E-state index contributed by atoms with van der Waals surface area (Å²) in [6.07, 6.45) is 1.42. The van der Waals surface area contributed by atoms with Crippen molar-refractivity contribution in [2.75, 3.05) is 26.0 Å². The van der Waals surface area contributed by atoms with E-state index in [1.165, 1.54) is 11.2 Å². The van der Waals surface area contributed by atoms with Crippen LogP contribution in [-0.4, -0.2) is 56.2 Å². The summed E-state index contributed by atoms with van der Waals surface area (Å²) >= 11 is 0. The molecule has 3 rings (SSSR count). The molecule has 0 spiro atoms. The number of benzene rings is 1. The van der Waals surface area contributed by atoms with Gasteiger partial charge in [0, 0.05) is 13.1 Å². The summed E-state index contributed by atoms with van der Waals surface area (Å²) in [5.74, 6) is 0.0284. The average Bonchev–Trinajstić information content (AvgIpc) is 2.86. The highest BCUT2D eigenvalue weighted by atomic mass is 32.2. The molecule has 0 radical (unpaired) electrons. The number of piperidine rings is 1. The van der Waals surface area contributed by atoms with Crippen LogP contribution in [0.1, 0.15) is 31.2 Å². The van der Waals surface area contributed by atoms with Crippen molar-refractivity contribution in [1.29, 1.82) is 0 Å². The molecule has 0 aliphatic carbocycles. The molecule has 1 aromatic carbocycles. The van der Waals surface area contributed by atoms with Crippen LogP contribution in [0.5, 0.6) is 5.75 Å². The van der Waals surface area contributed by atoms with Crippen molar-refractivity contribution in [3.63, 3.8) is 0 Å². The minimum atomic E-state index is -3.66. The Hall–Kier alpha value is -2.13. The highest BCUT2D eigenvalue weighted by Gasteiger charge is 2.46. The minimum absolute atomic E-state index is 0.289. The van der Waals surface area contributed by atoms with E-state index in [0.717, 1.165) is 11.3 Å². The van der Waals surface area contributed by atoms with Gasteiger partial charge in [-0.25, -0.2) is 17.5 Å². The number of sulfonamides is 1. The number of nitrogens with zero attached hydrogens (tertiary/aromatic N) is 1. The van der Waals surface area contributed by atoms with Gasteiger partial charge in [-0.2, -0.15) is 0 Å². The molecule has 2 N–H and O–H groups in total. The predicted molar refractivity (Wildman–Crippen MR) is 95.4 cm³/mol. The van der Waals surface area contributed by atoms with Gasteiger partial charge in [0.2, 0.25) is 10.0 Å². The molecule has 3 amide bonds. The fourth-order valence-corrected chi connectivity index (χ4v) is 5.36. The van der Waals surface area contributed by atoms with Gasteiger partial charge < -0.3 is 10.1 Å². The second kappa shape index (κ2) is 6.88. The van der Waals surface area contributed by atoms with Crippen molar-refractivity contribution in [1.82, 2.24) is 14.9 Å². The van der Waals surface area contributed by atoms with E-state index in [1.807, 2.05) is 24.3 Å². The van der Waals surface area contributed by atoms with Gasteiger partial charge in [-0.15, -0.1) is 0 Å². The topological polar surface area (TPSA) is 105 Å². The van der Waals surface area contributed by atoms with E-state index in [2.05, 4.69) is 10.6 Å². The molecule has 2 aliphatic rings. The number of ether oxygens (including phenoxy) is 1. The van der Waals surface area contributed by atoms with Crippen LogP contribution in [0.2, 0.25) is 0 Å². The molecule has 2 heterocycles. The number of hydrogen-bond donors (Lipinski definition) is 2. The number of hydrogen-bond acceptors (Lipinski definition) is 5. The van der Waals surface area contributed by atoms with Crippen LogP contribution in [0.15, 0.2) is 24.3 Å². The Kier molecular flexibility index (Phi) is 4.94. The van der Waals surface area contributed by atoms with Gasteiger partial charge in [0.25, 0.3) is 5.91 Å². The first-order valence-electron chi connectivity index (χ1n) is 8.49. The number of carbonyl (C=O) groups is 2. The lowest BCUT2D eigenvalue weighted by Crippen LogP contribution is -2.53. The zero-order chi connectivity index (χ0) is 18.9.